The van der Waals surface area contributed by atoms with E-state index in [1.807, 2.05) is 11.8 Å². The van der Waals surface area contributed by atoms with Gasteiger partial charge in [-0.2, -0.15) is 0 Å². The molecule has 2 rings (SSSR count). The molecule has 0 amide bonds. The summed E-state index contributed by atoms with van der Waals surface area (Å²) < 4.78 is 1.41. The summed E-state index contributed by atoms with van der Waals surface area (Å²) in [5.41, 5.74) is 6.41. The second-order valence-electron chi connectivity index (χ2n) is 5.46. The van der Waals surface area contributed by atoms with Gasteiger partial charge < -0.3 is 5.73 Å². The lowest BCUT2D eigenvalue weighted by molar-refractivity contribution is 0.132. The highest BCUT2D eigenvalue weighted by Gasteiger charge is 2.48. The van der Waals surface area contributed by atoms with Gasteiger partial charge >= 0.3 is 0 Å². The molecule has 1 aliphatic rings. The van der Waals surface area contributed by atoms with Crippen LogP contribution in [0.2, 0.25) is 0 Å². The third-order valence-corrected chi connectivity index (χ3v) is 4.98. The van der Waals surface area contributed by atoms with E-state index in [1.54, 1.807) is 0 Å². The molecule has 88 valence electrons. The highest BCUT2D eigenvalue weighted by molar-refractivity contribution is 9.10. The molecular weight excluding hydrogens is 282 g/mol. The van der Waals surface area contributed by atoms with Gasteiger partial charge in [0, 0.05) is 20.7 Å². The molecule has 16 heavy (non-hydrogen) atoms. The van der Waals surface area contributed by atoms with Crippen LogP contribution in [0.15, 0.2) is 33.6 Å². The lowest BCUT2D eigenvalue weighted by Gasteiger charge is -2.52. The molecule has 0 bridgehead atoms. The van der Waals surface area contributed by atoms with Gasteiger partial charge in [0.25, 0.3) is 0 Å². The number of hydrogen-bond acceptors (Lipinski definition) is 2. The monoisotopic (exact) mass is 299 g/mol. The quantitative estimate of drug-likeness (QED) is 0.911. The predicted molar refractivity (Wildman–Crippen MR) is 74.8 cm³/mol. The van der Waals surface area contributed by atoms with Crippen molar-refractivity contribution in [3.63, 3.8) is 0 Å². The Kier molecular flexibility index (Phi) is 3.39. The van der Waals surface area contributed by atoms with E-state index in [0.29, 0.717) is 5.41 Å². The normalized spacial score (nSPS) is 21.5. The molecule has 1 aromatic carbocycles. The van der Waals surface area contributed by atoms with Crippen LogP contribution in [0.1, 0.15) is 26.7 Å². The summed E-state index contributed by atoms with van der Waals surface area (Å²) in [5, 5.41) is 0. The number of halogens is 1. The summed E-state index contributed by atoms with van der Waals surface area (Å²) in [6, 6.07) is 8.48. The van der Waals surface area contributed by atoms with Crippen molar-refractivity contribution < 1.29 is 0 Å². The highest BCUT2D eigenvalue weighted by atomic mass is 79.9. The Balaban J connectivity index is 2.09. The van der Waals surface area contributed by atoms with Crippen LogP contribution in [0.4, 0.5) is 0 Å². The van der Waals surface area contributed by atoms with Gasteiger partial charge in [-0.3, -0.25) is 0 Å². The fraction of sp³-hybridized carbons (Fsp3) is 0.538. The first-order chi connectivity index (χ1) is 7.45. The maximum Gasteiger partial charge on any atom is 0.0339 e. The van der Waals surface area contributed by atoms with E-state index in [2.05, 4.69) is 54.0 Å². The van der Waals surface area contributed by atoms with Crippen LogP contribution >= 0.6 is 27.7 Å². The van der Waals surface area contributed by atoms with Crippen LogP contribution in [0.5, 0.6) is 0 Å². The van der Waals surface area contributed by atoms with Crippen LogP contribution in [-0.2, 0) is 0 Å². The average molecular weight is 300 g/mol. The van der Waals surface area contributed by atoms with Crippen molar-refractivity contribution in [3.8, 4) is 0 Å². The molecule has 0 heterocycles. The average Bonchev–Trinajstić information content (AvgIpc) is 2.14. The molecule has 0 saturated heterocycles. The maximum absolute atomic E-state index is 5.94. The number of nitrogens with two attached hydrogens (primary N) is 1. The Morgan fingerprint density at radius 1 is 1.38 bits per heavy atom. The molecule has 0 aromatic heterocycles. The minimum absolute atomic E-state index is 0.268. The first-order valence-corrected chi connectivity index (χ1v) is 7.20. The molecule has 1 nitrogen and oxygen atoms in total. The van der Waals surface area contributed by atoms with E-state index in [9.17, 15) is 0 Å². The Labute approximate surface area is 110 Å². The van der Waals surface area contributed by atoms with E-state index in [1.165, 1.54) is 17.7 Å². The van der Waals surface area contributed by atoms with Crippen molar-refractivity contribution >= 4 is 27.7 Å². The fourth-order valence-corrected chi connectivity index (χ4v) is 5.12. The molecule has 1 fully saturated rings. The van der Waals surface area contributed by atoms with Gasteiger partial charge in [-0.1, -0.05) is 35.8 Å². The van der Waals surface area contributed by atoms with E-state index in [4.69, 9.17) is 5.73 Å². The van der Waals surface area contributed by atoms with E-state index in [0.717, 1.165) is 11.0 Å². The number of rotatable bonds is 3. The topological polar surface area (TPSA) is 26.0 Å². The first kappa shape index (κ1) is 12.5. The van der Waals surface area contributed by atoms with Crippen molar-refractivity contribution in [3.05, 3.63) is 28.7 Å². The fourth-order valence-electron chi connectivity index (χ4n) is 2.73. The van der Waals surface area contributed by atoms with Crippen molar-refractivity contribution in [2.75, 3.05) is 6.54 Å². The van der Waals surface area contributed by atoms with Crippen LogP contribution < -0.4 is 5.73 Å². The number of benzene rings is 1. The molecular formula is C13H18BrNS. The van der Waals surface area contributed by atoms with E-state index in [-0.39, 0.29) is 4.75 Å². The lowest BCUT2D eigenvalue weighted by Crippen LogP contribution is -2.51. The van der Waals surface area contributed by atoms with Gasteiger partial charge in [0.2, 0.25) is 0 Å². The Bertz CT molecular complexity index is 381. The van der Waals surface area contributed by atoms with Gasteiger partial charge in [0.05, 0.1) is 0 Å². The largest absolute Gasteiger partial charge is 0.329 e. The molecule has 0 atom stereocenters. The molecule has 0 radical (unpaired) electrons. The predicted octanol–water partition coefficient (Wildman–Crippen LogP) is 4.06. The van der Waals surface area contributed by atoms with Gasteiger partial charge in [0.15, 0.2) is 0 Å². The van der Waals surface area contributed by atoms with Crippen LogP contribution in [-0.4, -0.2) is 11.3 Å². The van der Waals surface area contributed by atoms with E-state index < -0.39 is 0 Å². The summed E-state index contributed by atoms with van der Waals surface area (Å²) in [5.74, 6) is 0. The maximum atomic E-state index is 5.94. The smallest absolute Gasteiger partial charge is 0.0339 e. The van der Waals surface area contributed by atoms with Crippen LogP contribution in [0.25, 0.3) is 0 Å². The highest BCUT2D eigenvalue weighted by Crippen LogP contribution is 2.56. The zero-order valence-electron chi connectivity index (χ0n) is 9.79. The second kappa shape index (κ2) is 4.35. The molecule has 0 aliphatic heterocycles. The van der Waals surface area contributed by atoms with Crippen molar-refractivity contribution in [2.24, 2.45) is 11.1 Å². The number of thioether (sulfide) groups is 1. The zero-order valence-corrected chi connectivity index (χ0v) is 12.2. The first-order valence-electron chi connectivity index (χ1n) is 5.59. The minimum atomic E-state index is 0.268. The van der Waals surface area contributed by atoms with Crippen molar-refractivity contribution in [2.45, 2.75) is 36.3 Å². The summed E-state index contributed by atoms with van der Waals surface area (Å²) >= 11 is 5.45. The molecule has 1 aromatic rings. The van der Waals surface area contributed by atoms with Crippen molar-refractivity contribution in [1.29, 1.82) is 0 Å². The Hall–Kier alpha value is 0.01000. The van der Waals surface area contributed by atoms with Crippen LogP contribution in [0.3, 0.4) is 0 Å². The molecule has 2 N–H and O–H groups in total. The molecule has 1 aliphatic carbocycles. The SMILES string of the molecule is CC1(C)CC(CN)(Sc2cccc(Br)c2)C1. The lowest BCUT2D eigenvalue weighted by atomic mass is 9.64. The van der Waals surface area contributed by atoms with Crippen LogP contribution in [0, 0.1) is 5.41 Å². The number of hydrogen-bond donors (Lipinski definition) is 1. The molecule has 0 unspecified atom stereocenters. The van der Waals surface area contributed by atoms with Gasteiger partial charge in [-0.15, -0.1) is 11.8 Å². The van der Waals surface area contributed by atoms with Crippen molar-refractivity contribution in [1.82, 2.24) is 0 Å². The third kappa shape index (κ3) is 2.63. The summed E-state index contributed by atoms with van der Waals surface area (Å²) in [4.78, 5) is 1.32. The Morgan fingerprint density at radius 2 is 2.06 bits per heavy atom. The molecule has 0 spiro atoms. The minimum Gasteiger partial charge on any atom is -0.329 e. The third-order valence-electron chi connectivity index (χ3n) is 3.10. The summed E-state index contributed by atoms with van der Waals surface area (Å²) in [6.45, 7) is 5.42. The Morgan fingerprint density at radius 3 is 2.56 bits per heavy atom. The van der Waals surface area contributed by atoms with Gasteiger partial charge in [-0.25, -0.2) is 0 Å². The van der Waals surface area contributed by atoms with E-state index >= 15 is 0 Å². The van der Waals surface area contributed by atoms with Gasteiger partial charge in [-0.05, 0) is 36.5 Å². The summed E-state index contributed by atoms with van der Waals surface area (Å²) in [6.07, 6.45) is 2.43. The molecule has 1 saturated carbocycles. The zero-order chi connectivity index (χ0) is 11.8. The second-order valence-corrected chi connectivity index (χ2v) is 7.92. The summed E-state index contributed by atoms with van der Waals surface area (Å²) in [7, 11) is 0. The molecule has 3 heteroatoms. The van der Waals surface area contributed by atoms with Gasteiger partial charge in [0.1, 0.15) is 0 Å². The standard InChI is InChI=1S/C13H18BrNS/c1-12(2)7-13(8-12,9-15)16-11-5-3-4-10(14)6-11/h3-6H,7-9,15H2,1-2H3.